The van der Waals surface area contributed by atoms with E-state index in [9.17, 15) is 20.4 Å². The van der Waals surface area contributed by atoms with Gasteiger partial charge in [-0.25, -0.2) is 0 Å². The Balaban J connectivity index is 1.74. The quantitative estimate of drug-likeness (QED) is 0.282. The van der Waals surface area contributed by atoms with E-state index in [-0.39, 0.29) is 17.2 Å². The lowest BCUT2D eigenvalue weighted by molar-refractivity contribution is 0.378. The molecule has 0 saturated carbocycles. The molecule has 194 valence electrons. The molecule has 4 heteroatoms. The number of hydrogen-bond donors (Lipinski definition) is 4. The van der Waals surface area contributed by atoms with E-state index in [0.29, 0.717) is 31.4 Å². The van der Waals surface area contributed by atoms with Crippen LogP contribution in [-0.4, -0.2) is 20.4 Å². The standard InChI is InChI=1S/C33H38O4/c1-18-7-9-30(34)26(11-18)16-28-22(5)24(13-20(3)32(28)36)15-25-14-21(4)33(37)29(23(25)6)17-27-12-19(2)8-10-31(27)35/h7,9,11-14,34-37H,8,10,15-17H2,1-6H3. The highest BCUT2D eigenvalue weighted by Crippen LogP contribution is 2.37. The SMILES string of the molecule is CC1=CC(Cc2c(C)c(Cc3cc(C)c(O)c(Cc4cc(C)ccc4O)c3C)cc(C)c2O)=C(O)CC1. The minimum absolute atomic E-state index is 0.228. The molecular formula is C33H38O4. The Bertz CT molecular complexity index is 1440. The summed E-state index contributed by atoms with van der Waals surface area (Å²) < 4.78 is 0. The third kappa shape index (κ3) is 5.39. The number of aromatic hydroxyl groups is 3. The van der Waals surface area contributed by atoms with Gasteiger partial charge in [-0.15, -0.1) is 0 Å². The molecule has 0 aromatic heterocycles. The zero-order valence-electron chi connectivity index (χ0n) is 22.8. The number of rotatable bonds is 6. The van der Waals surface area contributed by atoms with E-state index >= 15 is 0 Å². The molecule has 4 rings (SSSR count). The summed E-state index contributed by atoms with van der Waals surface area (Å²) in [4.78, 5) is 0. The van der Waals surface area contributed by atoms with Crippen LogP contribution in [0.1, 0.15) is 75.4 Å². The van der Waals surface area contributed by atoms with E-state index in [2.05, 4.69) is 6.92 Å². The van der Waals surface area contributed by atoms with Crippen LogP contribution in [0.5, 0.6) is 17.2 Å². The van der Waals surface area contributed by atoms with Crippen molar-refractivity contribution in [2.45, 2.75) is 73.6 Å². The van der Waals surface area contributed by atoms with Crippen LogP contribution in [0.3, 0.4) is 0 Å². The summed E-state index contributed by atoms with van der Waals surface area (Å²) >= 11 is 0. The molecule has 0 aliphatic heterocycles. The second kappa shape index (κ2) is 10.4. The summed E-state index contributed by atoms with van der Waals surface area (Å²) in [6.45, 7) is 12.0. The highest BCUT2D eigenvalue weighted by atomic mass is 16.3. The molecular weight excluding hydrogens is 460 g/mol. The van der Waals surface area contributed by atoms with Gasteiger partial charge in [0, 0.05) is 30.4 Å². The van der Waals surface area contributed by atoms with Gasteiger partial charge in [0.15, 0.2) is 0 Å². The maximum atomic E-state index is 11.0. The predicted molar refractivity (Wildman–Crippen MR) is 150 cm³/mol. The molecule has 0 heterocycles. The third-order valence-electron chi connectivity index (χ3n) is 7.87. The Morgan fingerprint density at radius 1 is 0.622 bits per heavy atom. The van der Waals surface area contributed by atoms with Crippen LogP contribution in [0.15, 0.2) is 53.3 Å². The van der Waals surface area contributed by atoms with Crippen LogP contribution in [0.4, 0.5) is 0 Å². The lowest BCUT2D eigenvalue weighted by atomic mass is 9.85. The molecule has 0 radical (unpaired) electrons. The summed E-state index contributed by atoms with van der Waals surface area (Å²) in [7, 11) is 0. The maximum absolute atomic E-state index is 11.0. The van der Waals surface area contributed by atoms with Gasteiger partial charge in [0.1, 0.15) is 17.2 Å². The van der Waals surface area contributed by atoms with Crippen LogP contribution < -0.4 is 0 Å². The molecule has 0 atom stereocenters. The molecule has 0 amide bonds. The van der Waals surface area contributed by atoms with E-state index in [0.717, 1.165) is 67.6 Å². The van der Waals surface area contributed by atoms with Crippen molar-refractivity contribution in [1.82, 2.24) is 0 Å². The average molecular weight is 499 g/mol. The van der Waals surface area contributed by atoms with E-state index in [1.807, 2.05) is 65.0 Å². The van der Waals surface area contributed by atoms with E-state index < -0.39 is 0 Å². The molecule has 1 aliphatic rings. The molecule has 0 spiro atoms. The molecule has 4 nitrogen and oxygen atoms in total. The van der Waals surface area contributed by atoms with Gasteiger partial charge in [0.05, 0.1) is 5.76 Å². The minimum Gasteiger partial charge on any atom is -0.512 e. The van der Waals surface area contributed by atoms with Crippen LogP contribution in [-0.2, 0) is 19.3 Å². The fraction of sp³-hybridized carbons (Fsp3) is 0.333. The fourth-order valence-corrected chi connectivity index (χ4v) is 5.42. The highest BCUT2D eigenvalue weighted by Gasteiger charge is 2.20. The second-order valence-electron chi connectivity index (χ2n) is 10.7. The zero-order chi connectivity index (χ0) is 27.0. The lowest BCUT2D eigenvalue weighted by Crippen LogP contribution is -2.06. The Hall–Kier alpha value is -3.66. The first-order valence-corrected chi connectivity index (χ1v) is 12.9. The minimum atomic E-state index is 0.228. The summed E-state index contributed by atoms with van der Waals surface area (Å²) in [6.07, 6.45) is 5.13. The number of aliphatic hydroxyl groups is 1. The topological polar surface area (TPSA) is 80.9 Å². The van der Waals surface area contributed by atoms with E-state index in [4.69, 9.17) is 0 Å². The number of aliphatic hydroxyl groups excluding tert-OH is 1. The average Bonchev–Trinajstić information content (AvgIpc) is 2.85. The van der Waals surface area contributed by atoms with E-state index in [1.54, 1.807) is 6.07 Å². The van der Waals surface area contributed by atoms with Crippen molar-refractivity contribution >= 4 is 0 Å². The number of hydrogen-bond acceptors (Lipinski definition) is 4. The van der Waals surface area contributed by atoms with E-state index in [1.165, 1.54) is 5.57 Å². The summed E-state index contributed by atoms with van der Waals surface area (Å²) in [5, 5.41) is 42.8. The van der Waals surface area contributed by atoms with Gasteiger partial charge >= 0.3 is 0 Å². The number of phenolic OH excluding ortho intramolecular Hbond substituents is 3. The zero-order valence-corrected chi connectivity index (χ0v) is 22.8. The smallest absolute Gasteiger partial charge is 0.122 e. The van der Waals surface area contributed by atoms with Crippen LogP contribution in [0.25, 0.3) is 0 Å². The lowest BCUT2D eigenvalue weighted by Gasteiger charge is -2.21. The number of benzene rings is 3. The first-order chi connectivity index (χ1) is 17.5. The Kier molecular flexibility index (Phi) is 7.40. The van der Waals surface area contributed by atoms with Crippen LogP contribution in [0, 0.1) is 34.6 Å². The van der Waals surface area contributed by atoms with Crippen LogP contribution >= 0.6 is 0 Å². The van der Waals surface area contributed by atoms with Crippen molar-refractivity contribution in [1.29, 1.82) is 0 Å². The molecule has 0 unspecified atom stereocenters. The van der Waals surface area contributed by atoms with Crippen molar-refractivity contribution < 1.29 is 20.4 Å². The molecule has 37 heavy (non-hydrogen) atoms. The monoisotopic (exact) mass is 498 g/mol. The largest absolute Gasteiger partial charge is 0.512 e. The molecule has 1 aliphatic carbocycles. The second-order valence-corrected chi connectivity index (χ2v) is 10.7. The first kappa shape index (κ1) is 26.4. The molecule has 3 aromatic carbocycles. The summed E-state index contributed by atoms with van der Waals surface area (Å²) in [5.41, 5.74) is 11.5. The highest BCUT2D eigenvalue weighted by molar-refractivity contribution is 5.56. The number of aryl methyl sites for hydroxylation is 3. The maximum Gasteiger partial charge on any atom is 0.122 e. The predicted octanol–water partition coefficient (Wildman–Crippen LogP) is 7.62. The van der Waals surface area contributed by atoms with Gasteiger partial charge < -0.3 is 20.4 Å². The molecule has 3 aromatic rings. The Morgan fingerprint density at radius 3 is 1.78 bits per heavy atom. The van der Waals surface area contributed by atoms with Gasteiger partial charge in [-0.1, -0.05) is 41.5 Å². The summed E-state index contributed by atoms with van der Waals surface area (Å²) in [5.74, 6) is 1.18. The van der Waals surface area contributed by atoms with Crippen molar-refractivity contribution in [3.8, 4) is 17.2 Å². The number of phenols is 3. The normalized spacial score (nSPS) is 13.7. The third-order valence-corrected chi connectivity index (χ3v) is 7.87. The van der Waals surface area contributed by atoms with Crippen molar-refractivity contribution in [3.63, 3.8) is 0 Å². The van der Waals surface area contributed by atoms with Crippen molar-refractivity contribution in [2.24, 2.45) is 0 Å². The Labute approximate surface area is 220 Å². The van der Waals surface area contributed by atoms with Gasteiger partial charge in [-0.3, -0.25) is 0 Å². The van der Waals surface area contributed by atoms with Crippen molar-refractivity contribution in [3.05, 3.63) is 109 Å². The summed E-state index contributed by atoms with van der Waals surface area (Å²) in [6, 6.07) is 9.61. The Morgan fingerprint density at radius 2 is 1.19 bits per heavy atom. The fourth-order valence-electron chi connectivity index (χ4n) is 5.42. The van der Waals surface area contributed by atoms with Gasteiger partial charge in [0.2, 0.25) is 0 Å². The van der Waals surface area contributed by atoms with Crippen molar-refractivity contribution in [2.75, 3.05) is 0 Å². The molecule has 4 N–H and O–H groups in total. The van der Waals surface area contributed by atoms with Crippen LogP contribution in [0.2, 0.25) is 0 Å². The van der Waals surface area contributed by atoms with Gasteiger partial charge in [-0.2, -0.15) is 0 Å². The number of allylic oxidation sites excluding steroid dienone is 4. The first-order valence-electron chi connectivity index (χ1n) is 12.9. The van der Waals surface area contributed by atoms with Gasteiger partial charge in [-0.05, 0) is 105 Å². The molecule has 0 saturated heterocycles. The molecule has 0 fully saturated rings. The molecule has 0 bridgehead atoms. The van der Waals surface area contributed by atoms with Gasteiger partial charge in [0.25, 0.3) is 0 Å².